The molecule has 2 aromatic rings. The Balaban J connectivity index is 1.04. The van der Waals surface area contributed by atoms with Crippen molar-refractivity contribution in [3.05, 3.63) is 64.9 Å². The first-order valence-corrected chi connectivity index (χ1v) is 20.5. The minimum Gasteiger partial charge on any atom is -0.495 e. The van der Waals surface area contributed by atoms with Crippen molar-refractivity contribution in [3.63, 3.8) is 0 Å². The van der Waals surface area contributed by atoms with E-state index in [1.807, 2.05) is 6.07 Å². The summed E-state index contributed by atoms with van der Waals surface area (Å²) in [4.78, 5) is 21.4. The molecule has 5 spiro atoms. The predicted octanol–water partition coefficient (Wildman–Crippen LogP) is 3.48. The van der Waals surface area contributed by atoms with Gasteiger partial charge in [0.15, 0.2) is 5.72 Å². The van der Waals surface area contributed by atoms with Gasteiger partial charge >= 0.3 is 5.97 Å². The highest BCUT2D eigenvalue weighted by Crippen LogP contribution is 2.78. The molecule has 12 atom stereocenters. The normalized spacial score (nSPS) is 48.3. The lowest BCUT2D eigenvalue weighted by Crippen LogP contribution is -2.82. The number of nitrogens with zero attached hydrogens (tertiary/aromatic N) is 3. The number of rotatable bonds is 2. The molecule has 0 radical (unpaired) electrons. The van der Waals surface area contributed by atoms with Gasteiger partial charge in [-0.25, -0.2) is 4.79 Å². The second-order valence-corrected chi connectivity index (χ2v) is 19.0. The monoisotopic (exact) mass is 734 g/mol. The Morgan fingerprint density at radius 3 is 2.59 bits per heavy atom. The van der Waals surface area contributed by atoms with Gasteiger partial charge in [-0.3, -0.25) is 9.80 Å². The van der Waals surface area contributed by atoms with E-state index in [9.17, 15) is 15.0 Å². The number of carbonyl (C=O) groups excluding carboxylic acids is 1. The molecule has 5 unspecified atom stereocenters. The fraction of sp³-hybridized carbons (Fsp3) is 0.651. The van der Waals surface area contributed by atoms with Crippen molar-refractivity contribution in [1.82, 2.24) is 9.80 Å². The number of hydrogen-bond acceptors (Lipinski definition) is 11. The van der Waals surface area contributed by atoms with Crippen molar-refractivity contribution in [2.24, 2.45) is 22.2 Å². The highest BCUT2D eigenvalue weighted by molar-refractivity contribution is 5.93. The van der Waals surface area contributed by atoms with Crippen molar-refractivity contribution in [2.45, 2.75) is 98.4 Å². The van der Waals surface area contributed by atoms with Crippen LogP contribution in [0.1, 0.15) is 62.5 Å². The molecule has 1 saturated carbocycles. The Bertz CT molecular complexity index is 2090. The lowest BCUT2D eigenvalue weighted by molar-refractivity contribution is -0.276. The van der Waals surface area contributed by atoms with Crippen LogP contribution in [0.4, 0.5) is 11.4 Å². The zero-order valence-corrected chi connectivity index (χ0v) is 31.2. The highest BCUT2D eigenvalue weighted by Gasteiger charge is 2.84. The molecule has 3 N–H and O–H groups in total. The molecule has 9 aliphatic heterocycles. The van der Waals surface area contributed by atoms with E-state index in [-0.39, 0.29) is 41.6 Å². The quantitative estimate of drug-likeness (QED) is 0.394. The molecular weight excluding hydrogens is 684 g/mol. The summed E-state index contributed by atoms with van der Waals surface area (Å²) >= 11 is 0. The minimum absolute atomic E-state index is 0.0612. The average Bonchev–Trinajstić information content (AvgIpc) is 4.04. The standard InChI is InChI=1S/C43H50N4O7/c1-51-29-9-5-7-27-31(29)47-23-40(21-24-20-38-13-18-53-30(38)10-15-45-16-12-42(27,35(38)45)43(24,47)50)36-39(14-19-54-36)22-25(33(48)52-2)32-41(11-17-46(34(39)41)37(40)49)26-6-3-4-8-28(26)44-32/h3-9,24,30,34-37,44,49-50H,10-23H2,1-2H3/t24-,30-,34-,35-,36+,37?,38+,39?,40?,41?,42?,43+/m0/s1. The van der Waals surface area contributed by atoms with Crippen molar-refractivity contribution in [2.75, 3.05) is 63.8 Å². The Hall–Kier alpha value is -3.19. The van der Waals surface area contributed by atoms with Gasteiger partial charge in [-0.15, -0.1) is 0 Å². The van der Waals surface area contributed by atoms with Gasteiger partial charge in [-0.2, -0.15) is 0 Å². The fourth-order valence-electron chi connectivity index (χ4n) is 16.7. The van der Waals surface area contributed by atoms with Crippen LogP contribution in [-0.2, 0) is 29.8 Å². The number of carbonyl (C=O) groups is 1. The summed E-state index contributed by atoms with van der Waals surface area (Å²) in [5.74, 6) is 0.350. The number of nitrogens with one attached hydrogen (secondary N) is 1. The predicted molar refractivity (Wildman–Crippen MR) is 197 cm³/mol. The first kappa shape index (κ1) is 32.0. The molecule has 284 valence electrons. The van der Waals surface area contributed by atoms with E-state index in [1.54, 1.807) is 7.11 Å². The molecular formula is C43H50N4O7. The number of ether oxygens (including phenoxy) is 4. The molecule has 0 amide bonds. The zero-order valence-electron chi connectivity index (χ0n) is 31.2. The van der Waals surface area contributed by atoms with E-state index in [0.29, 0.717) is 38.1 Å². The number of anilines is 2. The van der Waals surface area contributed by atoms with Crippen LogP contribution in [0.2, 0.25) is 0 Å². The first-order valence-electron chi connectivity index (χ1n) is 20.5. The van der Waals surface area contributed by atoms with Crippen LogP contribution in [-0.4, -0.2) is 116 Å². The molecule has 9 heterocycles. The van der Waals surface area contributed by atoms with Gasteiger partial charge in [0.2, 0.25) is 0 Å². The van der Waals surface area contributed by atoms with Crippen LogP contribution >= 0.6 is 0 Å². The first-order chi connectivity index (χ1) is 26.2. The second-order valence-electron chi connectivity index (χ2n) is 19.0. The molecule has 11 heteroatoms. The Kier molecular flexibility index (Phi) is 5.82. The molecule has 2 aliphatic carbocycles. The summed E-state index contributed by atoms with van der Waals surface area (Å²) in [6.07, 6.45) is 5.48. The highest BCUT2D eigenvalue weighted by atomic mass is 16.5. The number of aliphatic hydroxyl groups is 2. The van der Waals surface area contributed by atoms with Crippen molar-refractivity contribution in [1.29, 1.82) is 0 Å². The van der Waals surface area contributed by atoms with Gasteiger partial charge in [0.05, 0.1) is 53.9 Å². The van der Waals surface area contributed by atoms with Crippen molar-refractivity contribution in [3.8, 4) is 5.75 Å². The number of esters is 1. The van der Waals surface area contributed by atoms with Crippen LogP contribution in [0, 0.1) is 22.2 Å². The maximum Gasteiger partial charge on any atom is 0.335 e. The van der Waals surface area contributed by atoms with E-state index in [4.69, 9.17) is 18.9 Å². The van der Waals surface area contributed by atoms with E-state index in [0.717, 1.165) is 81.0 Å². The van der Waals surface area contributed by atoms with Crippen LogP contribution in [0.15, 0.2) is 53.7 Å². The number of hydrogen-bond donors (Lipinski definition) is 3. The maximum absolute atomic E-state index is 14.0. The maximum atomic E-state index is 14.0. The summed E-state index contributed by atoms with van der Waals surface area (Å²) in [5.41, 5.74) is 2.62. The average molecular weight is 735 g/mol. The number of aliphatic hydroxyl groups excluding tert-OH is 1. The van der Waals surface area contributed by atoms with E-state index < -0.39 is 33.6 Å². The fourth-order valence-corrected chi connectivity index (χ4v) is 16.7. The van der Waals surface area contributed by atoms with Crippen LogP contribution < -0.4 is 15.0 Å². The van der Waals surface area contributed by atoms with E-state index in [2.05, 4.69) is 56.4 Å². The third-order valence-electron chi connectivity index (χ3n) is 17.9. The largest absolute Gasteiger partial charge is 0.495 e. The molecule has 0 aromatic heterocycles. The Morgan fingerprint density at radius 1 is 0.907 bits per heavy atom. The second kappa shape index (κ2) is 9.84. The molecule has 2 aromatic carbocycles. The van der Waals surface area contributed by atoms with E-state index in [1.165, 1.54) is 18.2 Å². The summed E-state index contributed by atoms with van der Waals surface area (Å²) in [6, 6.07) is 15.0. The third-order valence-corrected chi connectivity index (χ3v) is 17.9. The zero-order chi connectivity index (χ0) is 36.2. The smallest absolute Gasteiger partial charge is 0.335 e. The third kappa shape index (κ3) is 3.03. The molecule has 8 fully saturated rings. The Morgan fingerprint density at radius 2 is 1.72 bits per heavy atom. The number of piperidine rings is 3. The molecule has 11 aliphatic rings. The molecule has 7 saturated heterocycles. The van der Waals surface area contributed by atoms with Gasteiger partial charge in [0.25, 0.3) is 0 Å². The topological polar surface area (TPSA) is 116 Å². The summed E-state index contributed by atoms with van der Waals surface area (Å²) in [5, 5.41) is 31.2. The Labute approximate surface area is 315 Å². The SMILES string of the molecule is COC(=O)C1=C2Nc3ccccc3C23CCN2C(O)C4(C[C@@H]5C[C@]67CCO[C@H]6CCN6CCC8(c9cccc(OC)c9N(C4)[C@@]58O)[C@@H]67)[C@@H]4OCCC4(C1)[C@H]23. The number of benzene rings is 2. The molecule has 13 rings (SSSR count). The van der Waals surface area contributed by atoms with Gasteiger partial charge in [0.1, 0.15) is 12.0 Å². The number of fused-ring (bicyclic) bond motifs is 4. The van der Waals surface area contributed by atoms with Gasteiger partial charge in [0, 0.05) is 73.1 Å². The summed E-state index contributed by atoms with van der Waals surface area (Å²) in [7, 11) is 3.23. The molecule has 11 nitrogen and oxygen atoms in total. The van der Waals surface area contributed by atoms with Gasteiger partial charge < -0.3 is 39.4 Å². The molecule has 0 bridgehead atoms. The van der Waals surface area contributed by atoms with E-state index >= 15 is 0 Å². The van der Waals surface area contributed by atoms with Crippen molar-refractivity contribution < 1.29 is 34.0 Å². The number of methoxy groups -OCH3 is 2. The van der Waals surface area contributed by atoms with Crippen LogP contribution in [0.3, 0.4) is 0 Å². The number of para-hydroxylation sites is 2. The van der Waals surface area contributed by atoms with Gasteiger partial charge in [-0.1, -0.05) is 30.3 Å². The summed E-state index contributed by atoms with van der Waals surface area (Å²) in [6.45, 7) is 4.41. The summed E-state index contributed by atoms with van der Waals surface area (Å²) < 4.78 is 25.6. The van der Waals surface area contributed by atoms with Gasteiger partial charge in [-0.05, 0) is 81.2 Å². The van der Waals surface area contributed by atoms with Crippen LogP contribution in [0.5, 0.6) is 5.75 Å². The minimum atomic E-state index is -1.16. The lowest BCUT2D eigenvalue weighted by Gasteiger charge is -2.71. The molecule has 54 heavy (non-hydrogen) atoms. The lowest BCUT2D eigenvalue weighted by atomic mass is 9.43. The van der Waals surface area contributed by atoms with Crippen LogP contribution in [0.25, 0.3) is 0 Å². The van der Waals surface area contributed by atoms with Crippen molar-refractivity contribution >= 4 is 17.3 Å².